The van der Waals surface area contributed by atoms with Gasteiger partial charge in [0, 0.05) is 19.3 Å². The highest BCUT2D eigenvalue weighted by molar-refractivity contribution is 6.09. The molecule has 1 aliphatic heterocycles. The molecule has 8 nitrogen and oxygen atoms in total. The number of hydrogen-bond acceptors (Lipinski definition) is 7. The maximum absolute atomic E-state index is 12.7. The van der Waals surface area contributed by atoms with E-state index in [9.17, 15) is 19.6 Å². The predicted molar refractivity (Wildman–Crippen MR) is 115 cm³/mol. The molecule has 1 N–H and O–H groups in total. The van der Waals surface area contributed by atoms with Gasteiger partial charge in [-0.1, -0.05) is 25.5 Å². The van der Waals surface area contributed by atoms with Crippen LogP contribution in [-0.2, 0) is 19.1 Å². The van der Waals surface area contributed by atoms with Crippen LogP contribution in [0.3, 0.4) is 0 Å². The van der Waals surface area contributed by atoms with E-state index in [1.54, 1.807) is 36.1 Å². The van der Waals surface area contributed by atoms with E-state index < -0.39 is 11.9 Å². The number of anilines is 1. The Morgan fingerprint density at radius 1 is 1.26 bits per heavy atom. The third-order valence-corrected chi connectivity index (χ3v) is 4.88. The normalized spacial score (nSPS) is 16.2. The molecule has 1 aliphatic rings. The van der Waals surface area contributed by atoms with Gasteiger partial charge in [-0.3, -0.25) is 9.59 Å². The molecule has 0 aromatic heterocycles. The summed E-state index contributed by atoms with van der Waals surface area (Å²) in [4.78, 5) is 38.8. The number of para-hydroxylation sites is 1. The molecule has 0 aliphatic carbocycles. The van der Waals surface area contributed by atoms with E-state index in [1.807, 2.05) is 13.0 Å². The number of carbonyl (C=O) groups is 3. The van der Waals surface area contributed by atoms with E-state index in [0.717, 1.165) is 19.3 Å². The second kappa shape index (κ2) is 12.4. The fourth-order valence-electron chi connectivity index (χ4n) is 3.24. The minimum absolute atomic E-state index is 0.112. The molecule has 1 amide bonds. The fourth-order valence-corrected chi connectivity index (χ4v) is 3.24. The second-order valence-corrected chi connectivity index (χ2v) is 7.23. The topological polar surface area (TPSA) is 109 Å². The summed E-state index contributed by atoms with van der Waals surface area (Å²) in [6, 6.07) is 8.41. The molecule has 8 heteroatoms. The van der Waals surface area contributed by atoms with Gasteiger partial charge in [0.15, 0.2) is 0 Å². The molecule has 31 heavy (non-hydrogen) atoms. The number of nitrogens with zero attached hydrogens (tertiary/aromatic N) is 2. The van der Waals surface area contributed by atoms with E-state index in [-0.39, 0.29) is 28.7 Å². The highest BCUT2D eigenvalue weighted by atomic mass is 16.5. The van der Waals surface area contributed by atoms with Crippen LogP contribution in [-0.4, -0.2) is 49.0 Å². The van der Waals surface area contributed by atoms with Crippen molar-refractivity contribution < 1.29 is 23.9 Å². The van der Waals surface area contributed by atoms with Crippen molar-refractivity contribution in [3.63, 3.8) is 0 Å². The van der Waals surface area contributed by atoms with Crippen LogP contribution in [0.2, 0.25) is 0 Å². The number of benzene rings is 1. The van der Waals surface area contributed by atoms with E-state index >= 15 is 0 Å². The van der Waals surface area contributed by atoms with Gasteiger partial charge in [0.2, 0.25) is 0 Å². The molecule has 0 spiro atoms. The van der Waals surface area contributed by atoms with Crippen molar-refractivity contribution in [3.8, 4) is 6.07 Å². The molecule has 2 rings (SSSR count). The van der Waals surface area contributed by atoms with Crippen molar-refractivity contribution in [2.24, 2.45) is 5.92 Å². The average molecular weight is 428 g/mol. The largest absolute Gasteiger partial charge is 0.466 e. The lowest BCUT2D eigenvalue weighted by Gasteiger charge is -2.30. The van der Waals surface area contributed by atoms with E-state index in [1.165, 1.54) is 6.20 Å². The lowest BCUT2D eigenvalue weighted by atomic mass is 9.98. The van der Waals surface area contributed by atoms with E-state index in [0.29, 0.717) is 32.7 Å². The summed E-state index contributed by atoms with van der Waals surface area (Å²) in [7, 11) is 0. The zero-order valence-corrected chi connectivity index (χ0v) is 18.1. The van der Waals surface area contributed by atoms with Crippen LogP contribution in [0.25, 0.3) is 0 Å². The third-order valence-electron chi connectivity index (χ3n) is 4.88. The minimum atomic E-state index is -0.630. The Bertz CT molecular complexity index is 859. The Hall–Kier alpha value is -3.34. The molecule has 1 saturated heterocycles. The van der Waals surface area contributed by atoms with Crippen LogP contribution < -0.4 is 5.32 Å². The zero-order chi connectivity index (χ0) is 22.6. The maximum Gasteiger partial charge on any atom is 0.340 e. The summed E-state index contributed by atoms with van der Waals surface area (Å²) in [6.45, 7) is 5.39. The van der Waals surface area contributed by atoms with Crippen molar-refractivity contribution in [1.82, 2.24) is 4.90 Å². The van der Waals surface area contributed by atoms with Gasteiger partial charge in [0.05, 0.1) is 30.4 Å². The van der Waals surface area contributed by atoms with Gasteiger partial charge in [0.1, 0.15) is 11.6 Å². The van der Waals surface area contributed by atoms with Crippen molar-refractivity contribution in [2.45, 2.75) is 39.5 Å². The van der Waals surface area contributed by atoms with E-state index in [2.05, 4.69) is 5.32 Å². The van der Waals surface area contributed by atoms with Crippen LogP contribution in [0.4, 0.5) is 5.69 Å². The number of rotatable bonds is 9. The lowest BCUT2D eigenvalue weighted by Crippen LogP contribution is -2.37. The first kappa shape index (κ1) is 23.9. The summed E-state index contributed by atoms with van der Waals surface area (Å²) in [5, 5.41) is 12.1. The number of ether oxygens (including phenoxy) is 2. The monoisotopic (exact) mass is 427 g/mol. The molecule has 0 radical (unpaired) electrons. The maximum atomic E-state index is 12.7. The highest BCUT2D eigenvalue weighted by Gasteiger charge is 2.26. The third kappa shape index (κ3) is 7.14. The summed E-state index contributed by atoms with van der Waals surface area (Å²) in [6.07, 6.45) is 4.58. The first-order valence-electron chi connectivity index (χ1n) is 10.6. The van der Waals surface area contributed by atoms with Crippen LogP contribution in [0.15, 0.2) is 36.0 Å². The number of nitriles is 1. The molecule has 0 saturated carbocycles. The Morgan fingerprint density at radius 2 is 2.03 bits per heavy atom. The minimum Gasteiger partial charge on any atom is -0.466 e. The quantitative estimate of drug-likeness (QED) is 0.279. The van der Waals surface area contributed by atoms with Gasteiger partial charge in [-0.2, -0.15) is 5.26 Å². The lowest BCUT2D eigenvalue weighted by molar-refractivity contribution is -0.149. The van der Waals surface area contributed by atoms with Crippen molar-refractivity contribution in [2.75, 3.05) is 31.6 Å². The molecule has 166 valence electrons. The molecule has 1 aromatic rings. The van der Waals surface area contributed by atoms with Crippen LogP contribution in [0.5, 0.6) is 0 Å². The summed E-state index contributed by atoms with van der Waals surface area (Å²) in [5.41, 5.74) is 0.390. The highest BCUT2D eigenvalue weighted by Crippen LogP contribution is 2.20. The van der Waals surface area contributed by atoms with Crippen LogP contribution >= 0.6 is 0 Å². The zero-order valence-electron chi connectivity index (χ0n) is 18.1. The number of amides is 1. The average Bonchev–Trinajstić information content (AvgIpc) is 2.78. The van der Waals surface area contributed by atoms with Gasteiger partial charge in [-0.25, -0.2) is 4.79 Å². The Morgan fingerprint density at radius 3 is 2.74 bits per heavy atom. The molecule has 1 atom stereocenters. The standard InChI is InChI=1S/C23H29N3O5/c1-3-5-13-31-23(29)19-10-6-7-11-20(19)25-21(27)18(14-24)16-26-12-8-9-17(15-26)22(28)30-4-2/h6-7,10-11,16-17H,3-5,8-9,12-13,15H2,1-2H3,(H,25,27)/b18-16-. The van der Waals surface area contributed by atoms with Crippen molar-refractivity contribution in [3.05, 3.63) is 41.6 Å². The first-order chi connectivity index (χ1) is 15.0. The van der Waals surface area contributed by atoms with Gasteiger partial charge in [-0.05, 0) is 38.3 Å². The molecular formula is C23H29N3O5. The summed E-state index contributed by atoms with van der Waals surface area (Å²) < 4.78 is 10.3. The fraction of sp³-hybridized carbons (Fsp3) is 0.478. The first-order valence-corrected chi connectivity index (χ1v) is 10.6. The number of piperidine rings is 1. The number of esters is 2. The van der Waals surface area contributed by atoms with Gasteiger partial charge in [-0.15, -0.1) is 0 Å². The smallest absolute Gasteiger partial charge is 0.340 e. The number of carbonyl (C=O) groups excluding carboxylic acids is 3. The Labute approximate surface area is 182 Å². The predicted octanol–water partition coefficient (Wildman–Crippen LogP) is 3.26. The summed E-state index contributed by atoms with van der Waals surface area (Å²) >= 11 is 0. The number of hydrogen-bond donors (Lipinski definition) is 1. The molecule has 1 heterocycles. The van der Waals surface area contributed by atoms with Crippen molar-refractivity contribution >= 4 is 23.5 Å². The van der Waals surface area contributed by atoms with Gasteiger partial charge in [0.25, 0.3) is 5.91 Å². The molecule has 1 fully saturated rings. The number of likely N-dealkylation sites (tertiary alicyclic amines) is 1. The van der Waals surface area contributed by atoms with E-state index in [4.69, 9.17) is 9.47 Å². The van der Waals surface area contributed by atoms with Gasteiger partial charge >= 0.3 is 11.9 Å². The van der Waals surface area contributed by atoms with Crippen molar-refractivity contribution in [1.29, 1.82) is 5.26 Å². The molecule has 1 unspecified atom stereocenters. The SMILES string of the molecule is CCCCOC(=O)c1ccccc1NC(=O)/C(C#N)=C\N1CCCC(C(=O)OCC)C1. The number of nitrogens with one attached hydrogen (secondary N) is 1. The van der Waals surface area contributed by atoms with Gasteiger partial charge < -0.3 is 19.7 Å². The Balaban J connectivity index is 2.09. The molecular weight excluding hydrogens is 398 g/mol. The second-order valence-electron chi connectivity index (χ2n) is 7.23. The molecule has 1 aromatic carbocycles. The van der Waals surface area contributed by atoms with Crippen LogP contribution in [0.1, 0.15) is 49.9 Å². The van der Waals surface area contributed by atoms with Crippen LogP contribution in [0, 0.1) is 17.2 Å². The Kier molecular flexibility index (Phi) is 9.56. The molecule has 0 bridgehead atoms. The summed E-state index contributed by atoms with van der Waals surface area (Å²) in [5.74, 6) is -1.71. The number of unbranched alkanes of at least 4 members (excludes halogenated alkanes) is 1.